The number of anilines is 1. The van der Waals surface area contributed by atoms with Crippen LogP contribution in [0.15, 0.2) is 6.07 Å². The molecule has 5 nitrogen and oxygen atoms in total. The zero-order chi connectivity index (χ0) is 14.7. The van der Waals surface area contributed by atoms with Gasteiger partial charge >= 0.3 is 0 Å². The van der Waals surface area contributed by atoms with Gasteiger partial charge in [0, 0.05) is 32.4 Å². The fraction of sp³-hybridized carbons (Fsp3) is 0.625. The summed E-state index contributed by atoms with van der Waals surface area (Å²) >= 11 is 0. The first-order chi connectivity index (χ1) is 10.3. The topological polar surface area (TPSA) is 61.2 Å². The Kier molecular flexibility index (Phi) is 4.37. The van der Waals surface area contributed by atoms with Crippen molar-refractivity contribution in [3.8, 4) is 6.07 Å². The predicted octanol–water partition coefficient (Wildman–Crippen LogP) is 1.26. The summed E-state index contributed by atoms with van der Waals surface area (Å²) in [6, 6.07) is 4.34. The SMILES string of the molecule is CN(CC1CNCCO1)c1nc2c(cc1C#N)CCCC2. The first-order valence-electron chi connectivity index (χ1n) is 7.74. The Morgan fingerprint density at radius 1 is 1.48 bits per heavy atom. The maximum atomic E-state index is 9.41. The minimum absolute atomic E-state index is 0.160. The molecule has 112 valence electrons. The number of morpholine rings is 1. The quantitative estimate of drug-likeness (QED) is 0.906. The van der Waals surface area contributed by atoms with Crippen LogP contribution in [0.25, 0.3) is 0 Å². The van der Waals surface area contributed by atoms with Gasteiger partial charge in [-0.3, -0.25) is 0 Å². The van der Waals surface area contributed by atoms with E-state index in [4.69, 9.17) is 9.72 Å². The van der Waals surface area contributed by atoms with Crippen LogP contribution in [-0.4, -0.2) is 44.4 Å². The minimum Gasteiger partial charge on any atom is -0.374 e. The fourth-order valence-electron chi connectivity index (χ4n) is 3.12. The number of nitrogens with zero attached hydrogens (tertiary/aromatic N) is 3. The standard InChI is InChI=1S/C16H22N4O/c1-20(11-14-10-18-6-7-21-14)16-13(9-17)8-12-4-2-3-5-15(12)19-16/h8,14,18H,2-7,10-11H2,1H3. The molecular weight excluding hydrogens is 264 g/mol. The summed E-state index contributed by atoms with van der Waals surface area (Å²) in [6.45, 7) is 3.28. The van der Waals surface area contributed by atoms with Crippen LogP contribution in [0.1, 0.15) is 29.7 Å². The third-order valence-electron chi connectivity index (χ3n) is 4.24. The van der Waals surface area contributed by atoms with E-state index in [2.05, 4.69) is 16.3 Å². The molecule has 1 fully saturated rings. The van der Waals surface area contributed by atoms with Crippen LogP contribution in [0.4, 0.5) is 5.82 Å². The molecule has 21 heavy (non-hydrogen) atoms. The molecule has 1 saturated heterocycles. The third kappa shape index (κ3) is 3.17. The molecule has 1 N–H and O–H groups in total. The van der Waals surface area contributed by atoms with Crippen molar-refractivity contribution >= 4 is 5.82 Å². The predicted molar refractivity (Wildman–Crippen MR) is 81.5 cm³/mol. The molecule has 0 saturated carbocycles. The van der Waals surface area contributed by atoms with Gasteiger partial charge in [0.15, 0.2) is 0 Å². The Balaban J connectivity index is 1.81. The van der Waals surface area contributed by atoms with Crippen LogP contribution in [0.5, 0.6) is 0 Å². The van der Waals surface area contributed by atoms with Gasteiger partial charge in [-0.25, -0.2) is 4.98 Å². The summed E-state index contributed by atoms with van der Waals surface area (Å²) in [5, 5.41) is 12.7. The summed E-state index contributed by atoms with van der Waals surface area (Å²) in [4.78, 5) is 6.84. The van der Waals surface area contributed by atoms with E-state index in [1.807, 2.05) is 13.1 Å². The van der Waals surface area contributed by atoms with Crippen LogP contribution in [0.2, 0.25) is 0 Å². The lowest BCUT2D eigenvalue weighted by atomic mass is 9.95. The molecule has 1 unspecified atom stereocenters. The number of pyridine rings is 1. The van der Waals surface area contributed by atoms with Crippen molar-refractivity contribution in [2.75, 3.05) is 38.2 Å². The van der Waals surface area contributed by atoms with Gasteiger partial charge in [0.05, 0.1) is 18.3 Å². The number of likely N-dealkylation sites (N-methyl/N-ethyl adjacent to an activating group) is 1. The van der Waals surface area contributed by atoms with Gasteiger partial charge in [-0.15, -0.1) is 0 Å². The molecule has 0 spiro atoms. The number of hydrogen-bond acceptors (Lipinski definition) is 5. The number of aromatic nitrogens is 1. The van der Waals surface area contributed by atoms with Crippen LogP contribution in [-0.2, 0) is 17.6 Å². The number of rotatable bonds is 3. The smallest absolute Gasteiger partial charge is 0.146 e. The second-order valence-electron chi connectivity index (χ2n) is 5.86. The van der Waals surface area contributed by atoms with E-state index in [1.165, 1.54) is 24.1 Å². The Hall–Kier alpha value is -1.64. The molecule has 1 aromatic heterocycles. The number of nitriles is 1. The maximum Gasteiger partial charge on any atom is 0.146 e. The Morgan fingerprint density at radius 2 is 2.33 bits per heavy atom. The van der Waals surface area contributed by atoms with E-state index >= 15 is 0 Å². The Bertz CT molecular complexity index is 546. The maximum absolute atomic E-state index is 9.41. The summed E-state index contributed by atoms with van der Waals surface area (Å²) in [5.74, 6) is 0.798. The highest BCUT2D eigenvalue weighted by Crippen LogP contribution is 2.26. The summed E-state index contributed by atoms with van der Waals surface area (Å²) in [5.41, 5.74) is 3.11. The van der Waals surface area contributed by atoms with Crippen LogP contribution in [0, 0.1) is 11.3 Å². The summed E-state index contributed by atoms with van der Waals surface area (Å²) < 4.78 is 5.74. The normalized spacial score (nSPS) is 21.4. The van der Waals surface area contributed by atoms with Gasteiger partial charge in [-0.1, -0.05) is 0 Å². The molecule has 3 rings (SSSR count). The lowest BCUT2D eigenvalue weighted by Crippen LogP contribution is -2.44. The monoisotopic (exact) mass is 286 g/mol. The number of hydrogen-bond donors (Lipinski definition) is 1. The van der Waals surface area contributed by atoms with Crippen LogP contribution < -0.4 is 10.2 Å². The molecule has 5 heteroatoms. The molecule has 1 aliphatic heterocycles. The Labute approximate surface area is 125 Å². The van der Waals surface area contributed by atoms with Crippen molar-refractivity contribution in [2.24, 2.45) is 0 Å². The van der Waals surface area contributed by atoms with Crippen molar-refractivity contribution in [3.05, 3.63) is 22.9 Å². The average molecular weight is 286 g/mol. The average Bonchev–Trinajstić information content (AvgIpc) is 2.54. The lowest BCUT2D eigenvalue weighted by Gasteiger charge is -2.29. The van der Waals surface area contributed by atoms with Crippen LogP contribution in [0.3, 0.4) is 0 Å². The van der Waals surface area contributed by atoms with E-state index < -0.39 is 0 Å². The van der Waals surface area contributed by atoms with Crippen LogP contribution >= 0.6 is 0 Å². The van der Waals surface area contributed by atoms with E-state index in [9.17, 15) is 5.26 Å². The highest BCUT2D eigenvalue weighted by Gasteiger charge is 2.21. The largest absolute Gasteiger partial charge is 0.374 e. The van der Waals surface area contributed by atoms with Crippen molar-refractivity contribution in [3.63, 3.8) is 0 Å². The van der Waals surface area contributed by atoms with Crippen molar-refractivity contribution in [1.82, 2.24) is 10.3 Å². The second-order valence-corrected chi connectivity index (χ2v) is 5.86. The van der Waals surface area contributed by atoms with Crippen molar-refractivity contribution in [2.45, 2.75) is 31.8 Å². The zero-order valence-electron chi connectivity index (χ0n) is 12.6. The van der Waals surface area contributed by atoms with E-state index in [0.29, 0.717) is 5.56 Å². The molecule has 0 aromatic carbocycles. The first kappa shape index (κ1) is 14.3. The molecule has 0 bridgehead atoms. The second kappa shape index (κ2) is 6.42. The number of nitrogens with one attached hydrogen (secondary N) is 1. The summed E-state index contributed by atoms with van der Waals surface area (Å²) in [6.07, 6.45) is 4.65. The van der Waals surface area contributed by atoms with E-state index in [0.717, 1.165) is 44.9 Å². The van der Waals surface area contributed by atoms with E-state index in [1.54, 1.807) is 0 Å². The van der Waals surface area contributed by atoms with E-state index in [-0.39, 0.29) is 6.10 Å². The molecule has 0 radical (unpaired) electrons. The molecule has 2 aliphatic rings. The van der Waals surface area contributed by atoms with Gasteiger partial charge in [-0.2, -0.15) is 5.26 Å². The lowest BCUT2D eigenvalue weighted by molar-refractivity contribution is 0.0339. The van der Waals surface area contributed by atoms with Gasteiger partial charge in [0.2, 0.25) is 0 Å². The molecular formula is C16H22N4O. The molecule has 1 aromatic rings. The number of fused-ring (bicyclic) bond motifs is 1. The van der Waals surface area contributed by atoms with Crippen molar-refractivity contribution in [1.29, 1.82) is 5.26 Å². The van der Waals surface area contributed by atoms with Crippen molar-refractivity contribution < 1.29 is 4.74 Å². The zero-order valence-corrected chi connectivity index (χ0v) is 12.6. The van der Waals surface area contributed by atoms with Gasteiger partial charge < -0.3 is 15.0 Å². The molecule has 1 aliphatic carbocycles. The summed E-state index contributed by atoms with van der Waals surface area (Å²) in [7, 11) is 2.00. The highest BCUT2D eigenvalue weighted by atomic mass is 16.5. The first-order valence-corrected chi connectivity index (χ1v) is 7.74. The molecule has 2 heterocycles. The van der Waals surface area contributed by atoms with Gasteiger partial charge in [0.1, 0.15) is 11.9 Å². The molecule has 0 amide bonds. The Morgan fingerprint density at radius 3 is 3.10 bits per heavy atom. The number of ether oxygens (including phenoxy) is 1. The minimum atomic E-state index is 0.160. The third-order valence-corrected chi connectivity index (χ3v) is 4.24. The molecule has 1 atom stereocenters. The fourth-order valence-corrected chi connectivity index (χ4v) is 3.12. The number of aryl methyl sites for hydroxylation is 2. The highest BCUT2D eigenvalue weighted by molar-refractivity contribution is 5.56. The van der Waals surface area contributed by atoms with Gasteiger partial charge in [-0.05, 0) is 37.3 Å². The van der Waals surface area contributed by atoms with Gasteiger partial charge in [0.25, 0.3) is 0 Å².